The second-order valence-electron chi connectivity index (χ2n) is 4.94. The molecule has 2 N–H and O–H groups in total. The molecule has 0 bridgehead atoms. The highest BCUT2D eigenvalue weighted by atomic mass is 16.3. The van der Waals surface area contributed by atoms with E-state index in [0.717, 1.165) is 0 Å². The molecule has 0 aliphatic rings. The summed E-state index contributed by atoms with van der Waals surface area (Å²) in [5.74, 6) is 0.299. The maximum Gasteiger partial charge on any atom is 0.0766 e. The maximum absolute atomic E-state index is 10.0. The van der Waals surface area contributed by atoms with Gasteiger partial charge in [0, 0.05) is 12.6 Å². The van der Waals surface area contributed by atoms with E-state index < -0.39 is 5.60 Å². The molecule has 86 valence electrons. The molecule has 0 aliphatic heterocycles. The lowest BCUT2D eigenvalue weighted by Gasteiger charge is -2.29. The Morgan fingerprint density at radius 2 is 1.86 bits per heavy atom. The fourth-order valence-corrected chi connectivity index (χ4v) is 1.20. The summed E-state index contributed by atoms with van der Waals surface area (Å²) < 4.78 is 0. The van der Waals surface area contributed by atoms with Crippen molar-refractivity contribution >= 4 is 0 Å². The molecular weight excluding hydrogens is 174 g/mol. The first-order valence-electron chi connectivity index (χ1n) is 5.86. The van der Waals surface area contributed by atoms with Crippen molar-refractivity contribution in [1.29, 1.82) is 0 Å². The van der Waals surface area contributed by atoms with Crippen molar-refractivity contribution < 1.29 is 5.11 Å². The van der Waals surface area contributed by atoms with E-state index >= 15 is 0 Å². The van der Waals surface area contributed by atoms with Gasteiger partial charge in [0.1, 0.15) is 0 Å². The third-order valence-electron chi connectivity index (χ3n) is 3.04. The van der Waals surface area contributed by atoms with Gasteiger partial charge in [-0.3, -0.25) is 0 Å². The lowest BCUT2D eigenvalue weighted by Crippen LogP contribution is -2.45. The monoisotopic (exact) mass is 201 g/mol. The fraction of sp³-hybridized carbons (Fsp3) is 1.00. The number of hydrogen-bond donors (Lipinski definition) is 2. The molecule has 0 saturated carbocycles. The van der Waals surface area contributed by atoms with E-state index in [1.165, 1.54) is 19.3 Å². The number of rotatable bonds is 7. The first kappa shape index (κ1) is 13.9. The number of hydrogen-bond acceptors (Lipinski definition) is 2. The Labute approximate surface area is 89.1 Å². The van der Waals surface area contributed by atoms with Crippen molar-refractivity contribution in [3.8, 4) is 0 Å². The van der Waals surface area contributed by atoms with Crippen LogP contribution in [0.4, 0.5) is 0 Å². The molecule has 0 aromatic carbocycles. The molecular formula is C12H27NO. The lowest BCUT2D eigenvalue weighted by atomic mass is 9.92. The number of nitrogens with one attached hydrogen (secondary N) is 1. The predicted molar refractivity (Wildman–Crippen MR) is 62.5 cm³/mol. The molecule has 0 heterocycles. The second-order valence-corrected chi connectivity index (χ2v) is 4.94. The highest BCUT2D eigenvalue weighted by Crippen LogP contribution is 2.15. The van der Waals surface area contributed by atoms with Crippen LogP contribution in [-0.4, -0.2) is 23.3 Å². The molecule has 0 aromatic heterocycles. The normalized spacial score (nSPS) is 18.2. The molecule has 2 nitrogen and oxygen atoms in total. The van der Waals surface area contributed by atoms with Crippen molar-refractivity contribution in [2.75, 3.05) is 6.54 Å². The third-order valence-corrected chi connectivity index (χ3v) is 3.04. The van der Waals surface area contributed by atoms with Gasteiger partial charge in [-0.25, -0.2) is 0 Å². The average Bonchev–Trinajstić information content (AvgIpc) is 2.11. The number of unbranched alkanes of at least 4 members (excludes halogenated alkanes) is 1. The van der Waals surface area contributed by atoms with Crippen molar-refractivity contribution in [2.24, 2.45) is 5.92 Å². The van der Waals surface area contributed by atoms with E-state index in [1.807, 2.05) is 6.92 Å². The van der Waals surface area contributed by atoms with Gasteiger partial charge in [0.25, 0.3) is 0 Å². The van der Waals surface area contributed by atoms with Gasteiger partial charge in [0.2, 0.25) is 0 Å². The molecule has 0 aromatic rings. The molecule has 2 heteroatoms. The van der Waals surface area contributed by atoms with Gasteiger partial charge < -0.3 is 10.4 Å². The Morgan fingerprint density at radius 3 is 2.29 bits per heavy atom. The molecule has 0 spiro atoms. The highest BCUT2D eigenvalue weighted by molar-refractivity contribution is 4.80. The largest absolute Gasteiger partial charge is 0.389 e. The zero-order valence-corrected chi connectivity index (χ0v) is 10.4. The van der Waals surface area contributed by atoms with Crippen LogP contribution in [0.5, 0.6) is 0 Å². The minimum atomic E-state index is -0.583. The standard InChI is InChI=1S/C12H27NO/c1-6-7-8-11(4)13-9-12(5,14)10(2)3/h10-11,13-14H,6-9H2,1-5H3. The summed E-state index contributed by atoms with van der Waals surface area (Å²) in [4.78, 5) is 0. The van der Waals surface area contributed by atoms with E-state index in [2.05, 4.69) is 33.0 Å². The van der Waals surface area contributed by atoms with Gasteiger partial charge in [-0.1, -0.05) is 33.6 Å². The molecule has 0 rings (SSSR count). The van der Waals surface area contributed by atoms with E-state index in [4.69, 9.17) is 0 Å². The number of aliphatic hydroxyl groups is 1. The van der Waals surface area contributed by atoms with E-state index in [-0.39, 0.29) is 0 Å². The quantitative estimate of drug-likeness (QED) is 0.663. The van der Waals surface area contributed by atoms with Crippen molar-refractivity contribution in [2.45, 2.75) is 65.5 Å². The summed E-state index contributed by atoms with van der Waals surface area (Å²) in [5, 5.41) is 13.4. The molecule has 0 aliphatic carbocycles. The van der Waals surface area contributed by atoms with Crippen LogP contribution in [0.2, 0.25) is 0 Å². The van der Waals surface area contributed by atoms with Crippen molar-refractivity contribution in [1.82, 2.24) is 5.32 Å². The van der Waals surface area contributed by atoms with Crippen LogP contribution < -0.4 is 5.32 Å². The lowest BCUT2D eigenvalue weighted by molar-refractivity contribution is 0.0120. The smallest absolute Gasteiger partial charge is 0.0766 e. The minimum Gasteiger partial charge on any atom is -0.389 e. The summed E-state index contributed by atoms with van der Waals surface area (Å²) in [6.07, 6.45) is 3.70. The van der Waals surface area contributed by atoms with Crippen LogP contribution in [0.25, 0.3) is 0 Å². The van der Waals surface area contributed by atoms with Gasteiger partial charge in [-0.2, -0.15) is 0 Å². The molecule has 2 atom stereocenters. The van der Waals surface area contributed by atoms with Gasteiger partial charge in [-0.15, -0.1) is 0 Å². The summed E-state index contributed by atoms with van der Waals surface area (Å²) in [6.45, 7) is 11.1. The first-order valence-corrected chi connectivity index (χ1v) is 5.86. The van der Waals surface area contributed by atoms with Gasteiger partial charge in [0.15, 0.2) is 0 Å². The first-order chi connectivity index (χ1) is 6.40. The fourth-order valence-electron chi connectivity index (χ4n) is 1.20. The predicted octanol–water partition coefficient (Wildman–Crippen LogP) is 2.56. The highest BCUT2D eigenvalue weighted by Gasteiger charge is 2.24. The minimum absolute atomic E-state index is 0.299. The van der Waals surface area contributed by atoms with Crippen molar-refractivity contribution in [3.63, 3.8) is 0 Å². The Balaban J connectivity index is 3.70. The molecule has 0 radical (unpaired) electrons. The SMILES string of the molecule is CCCCC(C)NCC(C)(O)C(C)C. The van der Waals surface area contributed by atoms with E-state index in [9.17, 15) is 5.11 Å². The van der Waals surface area contributed by atoms with Gasteiger partial charge in [-0.05, 0) is 26.2 Å². The Hall–Kier alpha value is -0.0800. The Bertz CT molecular complexity index is 143. The summed E-state index contributed by atoms with van der Waals surface area (Å²) >= 11 is 0. The topological polar surface area (TPSA) is 32.3 Å². The van der Waals surface area contributed by atoms with Crippen LogP contribution >= 0.6 is 0 Å². The van der Waals surface area contributed by atoms with Crippen LogP contribution in [0.15, 0.2) is 0 Å². The summed E-state index contributed by atoms with van der Waals surface area (Å²) in [6, 6.07) is 0.514. The Morgan fingerprint density at radius 1 is 1.29 bits per heavy atom. The maximum atomic E-state index is 10.0. The third kappa shape index (κ3) is 5.61. The molecule has 0 saturated heterocycles. The van der Waals surface area contributed by atoms with Gasteiger partial charge >= 0.3 is 0 Å². The Kier molecular flexibility index (Phi) is 6.38. The molecule has 0 fully saturated rings. The average molecular weight is 201 g/mol. The summed E-state index contributed by atoms with van der Waals surface area (Å²) in [5.41, 5.74) is -0.583. The van der Waals surface area contributed by atoms with E-state index in [1.54, 1.807) is 0 Å². The molecule has 14 heavy (non-hydrogen) atoms. The molecule has 2 unspecified atom stereocenters. The zero-order valence-electron chi connectivity index (χ0n) is 10.4. The summed E-state index contributed by atoms with van der Waals surface area (Å²) in [7, 11) is 0. The van der Waals surface area contributed by atoms with Crippen LogP contribution in [0, 0.1) is 5.92 Å². The van der Waals surface area contributed by atoms with Crippen LogP contribution in [0.1, 0.15) is 53.9 Å². The van der Waals surface area contributed by atoms with Crippen LogP contribution in [0.3, 0.4) is 0 Å². The van der Waals surface area contributed by atoms with Gasteiger partial charge in [0.05, 0.1) is 5.60 Å². The van der Waals surface area contributed by atoms with Crippen LogP contribution in [-0.2, 0) is 0 Å². The van der Waals surface area contributed by atoms with Crippen molar-refractivity contribution in [3.05, 3.63) is 0 Å². The second kappa shape index (κ2) is 6.41. The van der Waals surface area contributed by atoms with E-state index in [0.29, 0.717) is 18.5 Å². The molecule has 0 amide bonds. The zero-order chi connectivity index (χ0) is 11.2.